The first-order valence-corrected chi connectivity index (χ1v) is 6.93. The second kappa shape index (κ2) is 7.05. The summed E-state index contributed by atoms with van der Waals surface area (Å²) >= 11 is 0. The molecule has 100 valence electrons. The molecule has 0 aliphatic carbocycles. The van der Waals surface area contributed by atoms with Crippen LogP contribution >= 0.6 is 0 Å². The zero-order valence-electron chi connectivity index (χ0n) is 11.8. The maximum Gasteiger partial charge on any atom is 0.0372 e. The first-order chi connectivity index (χ1) is 9.25. The Morgan fingerprint density at radius 2 is 1.89 bits per heavy atom. The molecule has 0 aliphatic rings. The van der Waals surface area contributed by atoms with Crippen LogP contribution in [0, 0.1) is 6.92 Å². The van der Waals surface area contributed by atoms with Crippen molar-refractivity contribution in [2.75, 3.05) is 13.1 Å². The van der Waals surface area contributed by atoms with Crippen LogP contribution in [0.3, 0.4) is 0 Å². The Kier molecular flexibility index (Phi) is 5.10. The molecule has 1 aromatic carbocycles. The molecule has 0 spiro atoms. The molecule has 1 heterocycles. The standard InChI is InChI=1S/C17H22N2/c1-14(17-6-4-3-5-7-17)12-18-11-10-16-9-8-15(2)19-13-16/h3-9,13-14,18H,10-12H2,1-2H3/t14-/m1/s1. The van der Waals surface area contributed by atoms with Crippen LogP contribution in [-0.2, 0) is 6.42 Å². The van der Waals surface area contributed by atoms with Gasteiger partial charge in [-0.1, -0.05) is 43.3 Å². The van der Waals surface area contributed by atoms with E-state index in [4.69, 9.17) is 0 Å². The lowest BCUT2D eigenvalue weighted by Crippen LogP contribution is -2.22. The third kappa shape index (κ3) is 4.49. The van der Waals surface area contributed by atoms with Crippen molar-refractivity contribution in [1.29, 1.82) is 0 Å². The summed E-state index contributed by atoms with van der Waals surface area (Å²) in [6, 6.07) is 14.9. The van der Waals surface area contributed by atoms with Crippen molar-refractivity contribution in [1.82, 2.24) is 10.3 Å². The van der Waals surface area contributed by atoms with E-state index in [1.165, 1.54) is 11.1 Å². The highest BCUT2D eigenvalue weighted by atomic mass is 14.9. The first-order valence-electron chi connectivity index (χ1n) is 6.93. The average molecular weight is 254 g/mol. The van der Waals surface area contributed by atoms with Gasteiger partial charge in [0.2, 0.25) is 0 Å². The Morgan fingerprint density at radius 1 is 1.11 bits per heavy atom. The maximum absolute atomic E-state index is 4.31. The summed E-state index contributed by atoms with van der Waals surface area (Å²) < 4.78 is 0. The fourth-order valence-corrected chi connectivity index (χ4v) is 2.10. The summed E-state index contributed by atoms with van der Waals surface area (Å²) in [5.74, 6) is 0.553. The van der Waals surface area contributed by atoms with Crippen LogP contribution in [0.1, 0.15) is 29.7 Å². The molecule has 1 aromatic heterocycles. The number of hydrogen-bond acceptors (Lipinski definition) is 2. The predicted octanol–water partition coefficient (Wildman–Crippen LogP) is 3.33. The summed E-state index contributed by atoms with van der Waals surface area (Å²) in [6.07, 6.45) is 3.01. The smallest absolute Gasteiger partial charge is 0.0372 e. The second-order valence-corrected chi connectivity index (χ2v) is 5.07. The van der Waals surface area contributed by atoms with E-state index in [2.05, 4.69) is 59.7 Å². The lowest BCUT2D eigenvalue weighted by molar-refractivity contribution is 0.615. The largest absolute Gasteiger partial charge is 0.316 e. The summed E-state index contributed by atoms with van der Waals surface area (Å²) in [5, 5.41) is 3.52. The van der Waals surface area contributed by atoms with E-state index >= 15 is 0 Å². The molecule has 2 aromatic rings. The van der Waals surface area contributed by atoms with Gasteiger partial charge in [0.15, 0.2) is 0 Å². The van der Waals surface area contributed by atoms with Gasteiger partial charge in [-0.25, -0.2) is 0 Å². The highest BCUT2D eigenvalue weighted by molar-refractivity contribution is 5.19. The number of nitrogens with zero attached hydrogens (tertiary/aromatic N) is 1. The van der Waals surface area contributed by atoms with Crippen molar-refractivity contribution in [2.24, 2.45) is 0 Å². The molecule has 0 saturated heterocycles. The zero-order chi connectivity index (χ0) is 13.5. The molecule has 0 unspecified atom stereocenters. The number of benzene rings is 1. The zero-order valence-corrected chi connectivity index (χ0v) is 11.8. The van der Waals surface area contributed by atoms with Gasteiger partial charge < -0.3 is 5.32 Å². The van der Waals surface area contributed by atoms with E-state index in [0.29, 0.717) is 5.92 Å². The molecule has 19 heavy (non-hydrogen) atoms. The molecule has 2 nitrogen and oxygen atoms in total. The third-order valence-electron chi connectivity index (χ3n) is 3.38. The van der Waals surface area contributed by atoms with Crippen molar-refractivity contribution in [3.63, 3.8) is 0 Å². The van der Waals surface area contributed by atoms with Gasteiger partial charge in [0.1, 0.15) is 0 Å². The molecule has 0 saturated carbocycles. The van der Waals surface area contributed by atoms with E-state index in [9.17, 15) is 0 Å². The van der Waals surface area contributed by atoms with E-state index in [1.807, 2.05) is 13.1 Å². The molecule has 0 bridgehead atoms. The van der Waals surface area contributed by atoms with Crippen molar-refractivity contribution < 1.29 is 0 Å². The molecule has 0 aliphatic heterocycles. The Morgan fingerprint density at radius 3 is 2.58 bits per heavy atom. The third-order valence-corrected chi connectivity index (χ3v) is 3.38. The van der Waals surface area contributed by atoms with Gasteiger partial charge in [0, 0.05) is 18.4 Å². The molecular weight excluding hydrogens is 232 g/mol. The van der Waals surface area contributed by atoms with E-state index < -0.39 is 0 Å². The molecule has 1 atom stereocenters. The van der Waals surface area contributed by atoms with Gasteiger partial charge in [0.05, 0.1) is 0 Å². The quantitative estimate of drug-likeness (QED) is 0.800. The molecule has 0 radical (unpaired) electrons. The maximum atomic E-state index is 4.31. The first kappa shape index (κ1) is 13.8. The Bertz CT molecular complexity index is 476. The Labute approximate surface area is 115 Å². The van der Waals surface area contributed by atoms with Crippen LogP contribution in [0.5, 0.6) is 0 Å². The summed E-state index contributed by atoms with van der Waals surface area (Å²) in [4.78, 5) is 4.31. The van der Waals surface area contributed by atoms with Gasteiger partial charge in [0.25, 0.3) is 0 Å². The normalized spacial score (nSPS) is 12.3. The average Bonchev–Trinajstić information content (AvgIpc) is 2.46. The van der Waals surface area contributed by atoms with E-state index in [1.54, 1.807) is 0 Å². The molecule has 2 heteroatoms. The molecule has 1 N–H and O–H groups in total. The fraction of sp³-hybridized carbons (Fsp3) is 0.353. The minimum absolute atomic E-state index is 0.553. The predicted molar refractivity (Wildman–Crippen MR) is 80.4 cm³/mol. The van der Waals surface area contributed by atoms with E-state index in [-0.39, 0.29) is 0 Å². The molecule has 0 fully saturated rings. The van der Waals surface area contributed by atoms with Gasteiger partial charge in [-0.2, -0.15) is 0 Å². The van der Waals surface area contributed by atoms with E-state index in [0.717, 1.165) is 25.2 Å². The minimum atomic E-state index is 0.553. The van der Waals surface area contributed by atoms with Crippen molar-refractivity contribution >= 4 is 0 Å². The van der Waals surface area contributed by atoms with Crippen molar-refractivity contribution in [3.05, 3.63) is 65.5 Å². The second-order valence-electron chi connectivity index (χ2n) is 5.07. The minimum Gasteiger partial charge on any atom is -0.316 e. The van der Waals surface area contributed by atoms with Crippen LogP contribution < -0.4 is 5.32 Å². The molecule has 2 rings (SSSR count). The topological polar surface area (TPSA) is 24.9 Å². The Hall–Kier alpha value is -1.67. The van der Waals surface area contributed by atoms with Crippen LogP contribution in [0.25, 0.3) is 0 Å². The number of aromatic nitrogens is 1. The van der Waals surface area contributed by atoms with Gasteiger partial charge in [-0.05, 0) is 43.0 Å². The van der Waals surface area contributed by atoms with Crippen molar-refractivity contribution in [2.45, 2.75) is 26.2 Å². The number of nitrogens with one attached hydrogen (secondary N) is 1. The fourth-order valence-electron chi connectivity index (χ4n) is 2.10. The summed E-state index contributed by atoms with van der Waals surface area (Å²) in [5.41, 5.74) is 3.77. The lowest BCUT2D eigenvalue weighted by Gasteiger charge is -2.13. The van der Waals surface area contributed by atoms with Gasteiger partial charge in [-0.3, -0.25) is 4.98 Å². The number of aryl methyl sites for hydroxylation is 1. The highest BCUT2D eigenvalue weighted by Gasteiger charge is 2.03. The van der Waals surface area contributed by atoms with Crippen molar-refractivity contribution in [3.8, 4) is 0 Å². The summed E-state index contributed by atoms with van der Waals surface area (Å²) in [7, 11) is 0. The number of pyridine rings is 1. The lowest BCUT2D eigenvalue weighted by atomic mass is 10.0. The molecule has 0 amide bonds. The van der Waals surface area contributed by atoms with Crippen LogP contribution in [0.4, 0.5) is 0 Å². The number of hydrogen-bond donors (Lipinski definition) is 1. The molecular formula is C17H22N2. The van der Waals surface area contributed by atoms with Crippen LogP contribution in [0.15, 0.2) is 48.7 Å². The summed E-state index contributed by atoms with van der Waals surface area (Å²) in [6.45, 7) is 6.30. The number of rotatable bonds is 6. The van der Waals surface area contributed by atoms with Crippen LogP contribution in [-0.4, -0.2) is 18.1 Å². The Balaban J connectivity index is 1.71. The van der Waals surface area contributed by atoms with Gasteiger partial charge in [-0.15, -0.1) is 0 Å². The monoisotopic (exact) mass is 254 g/mol. The SMILES string of the molecule is Cc1ccc(CCNC[C@@H](C)c2ccccc2)cn1. The van der Waals surface area contributed by atoms with Gasteiger partial charge >= 0.3 is 0 Å². The van der Waals surface area contributed by atoms with Crippen LogP contribution in [0.2, 0.25) is 0 Å². The highest BCUT2D eigenvalue weighted by Crippen LogP contribution is 2.12.